The fourth-order valence-electron chi connectivity index (χ4n) is 1.81. The van der Waals surface area contributed by atoms with Gasteiger partial charge in [-0.3, -0.25) is 9.59 Å². The Morgan fingerprint density at radius 1 is 1.25 bits per heavy atom. The number of benzene rings is 1. The van der Waals surface area contributed by atoms with Gasteiger partial charge in [0.05, 0.1) is 5.69 Å². The fraction of sp³-hybridized carbons (Fsp3) is 0.214. The lowest BCUT2D eigenvalue weighted by Crippen LogP contribution is -2.25. The SMILES string of the molecule is NC(=O)c1nc(-c2ccc(C(=O)NC3CC3)cc2)cs1. The number of aromatic nitrogens is 1. The van der Waals surface area contributed by atoms with Crippen LogP contribution in [0.1, 0.15) is 33.0 Å². The Bertz CT molecular complexity index is 659. The van der Waals surface area contributed by atoms with Gasteiger partial charge in [0.15, 0.2) is 5.01 Å². The largest absolute Gasteiger partial charge is 0.364 e. The van der Waals surface area contributed by atoms with E-state index < -0.39 is 5.91 Å². The Labute approximate surface area is 119 Å². The van der Waals surface area contributed by atoms with E-state index in [4.69, 9.17) is 5.73 Å². The average molecular weight is 287 g/mol. The summed E-state index contributed by atoms with van der Waals surface area (Å²) in [5.41, 5.74) is 7.36. The van der Waals surface area contributed by atoms with E-state index in [2.05, 4.69) is 10.3 Å². The highest BCUT2D eigenvalue weighted by Gasteiger charge is 2.23. The normalized spacial score (nSPS) is 14.0. The standard InChI is InChI=1S/C14H13N3O2S/c15-12(18)14-17-11(7-20-14)8-1-3-9(4-2-8)13(19)16-10-5-6-10/h1-4,7,10H,5-6H2,(H2,15,18)(H,16,19). The Hall–Kier alpha value is -2.21. The molecule has 2 aromatic rings. The van der Waals surface area contributed by atoms with E-state index in [0.29, 0.717) is 17.3 Å². The number of nitrogens with two attached hydrogens (primary N) is 1. The molecule has 0 aliphatic heterocycles. The van der Waals surface area contributed by atoms with Crippen molar-refractivity contribution in [3.05, 3.63) is 40.2 Å². The zero-order chi connectivity index (χ0) is 14.1. The number of primary amides is 1. The van der Waals surface area contributed by atoms with E-state index in [9.17, 15) is 9.59 Å². The predicted molar refractivity (Wildman–Crippen MR) is 76.6 cm³/mol. The van der Waals surface area contributed by atoms with Gasteiger partial charge in [-0.1, -0.05) is 12.1 Å². The monoisotopic (exact) mass is 287 g/mol. The minimum Gasteiger partial charge on any atom is -0.364 e. The predicted octanol–water partition coefficient (Wildman–Crippen LogP) is 1.80. The molecular weight excluding hydrogens is 274 g/mol. The van der Waals surface area contributed by atoms with E-state index >= 15 is 0 Å². The molecule has 0 radical (unpaired) electrons. The molecule has 5 nitrogen and oxygen atoms in total. The molecule has 6 heteroatoms. The zero-order valence-corrected chi connectivity index (χ0v) is 11.4. The van der Waals surface area contributed by atoms with Gasteiger partial charge in [-0.2, -0.15) is 0 Å². The van der Waals surface area contributed by atoms with Crippen LogP contribution < -0.4 is 11.1 Å². The third-order valence-corrected chi connectivity index (χ3v) is 3.93. The molecule has 3 rings (SSSR count). The van der Waals surface area contributed by atoms with Gasteiger partial charge in [-0.15, -0.1) is 11.3 Å². The van der Waals surface area contributed by atoms with Crippen LogP contribution in [0.3, 0.4) is 0 Å². The number of nitrogens with one attached hydrogen (secondary N) is 1. The maximum atomic E-state index is 11.9. The number of hydrogen-bond acceptors (Lipinski definition) is 4. The van der Waals surface area contributed by atoms with Gasteiger partial charge in [0, 0.05) is 22.5 Å². The molecule has 1 fully saturated rings. The van der Waals surface area contributed by atoms with Crippen molar-refractivity contribution < 1.29 is 9.59 Å². The summed E-state index contributed by atoms with van der Waals surface area (Å²) in [6.07, 6.45) is 2.14. The van der Waals surface area contributed by atoms with Crippen molar-refractivity contribution in [1.82, 2.24) is 10.3 Å². The van der Waals surface area contributed by atoms with Crippen molar-refractivity contribution in [1.29, 1.82) is 0 Å². The molecule has 102 valence electrons. The van der Waals surface area contributed by atoms with Crippen LogP contribution in [-0.2, 0) is 0 Å². The van der Waals surface area contributed by atoms with Crippen molar-refractivity contribution in [3.63, 3.8) is 0 Å². The second kappa shape index (κ2) is 5.05. The first-order chi connectivity index (χ1) is 9.63. The summed E-state index contributed by atoms with van der Waals surface area (Å²) in [4.78, 5) is 27.0. The highest BCUT2D eigenvalue weighted by Crippen LogP contribution is 2.23. The smallest absolute Gasteiger partial charge is 0.277 e. The third kappa shape index (κ3) is 2.70. The Morgan fingerprint density at radius 2 is 1.95 bits per heavy atom. The summed E-state index contributed by atoms with van der Waals surface area (Å²) in [6, 6.07) is 7.51. The van der Waals surface area contributed by atoms with Gasteiger partial charge in [0.1, 0.15) is 0 Å². The molecule has 0 spiro atoms. The van der Waals surface area contributed by atoms with E-state index in [1.54, 1.807) is 17.5 Å². The van der Waals surface area contributed by atoms with E-state index in [1.165, 1.54) is 11.3 Å². The number of carbonyl (C=O) groups is 2. The van der Waals surface area contributed by atoms with Crippen molar-refractivity contribution in [2.75, 3.05) is 0 Å². The van der Waals surface area contributed by atoms with Gasteiger partial charge in [0.2, 0.25) is 0 Å². The topological polar surface area (TPSA) is 85.1 Å². The summed E-state index contributed by atoms with van der Waals surface area (Å²) < 4.78 is 0. The number of hydrogen-bond donors (Lipinski definition) is 2. The molecule has 3 N–H and O–H groups in total. The van der Waals surface area contributed by atoms with Gasteiger partial charge < -0.3 is 11.1 Å². The third-order valence-electron chi connectivity index (χ3n) is 3.07. The second-order valence-electron chi connectivity index (χ2n) is 4.73. The van der Waals surface area contributed by atoms with Crippen LogP contribution in [0.25, 0.3) is 11.3 Å². The summed E-state index contributed by atoms with van der Waals surface area (Å²) in [6.45, 7) is 0. The van der Waals surface area contributed by atoms with E-state index in [0.717, 1.165) is 18.4 Å². The Balaban J connectivity index is 1.77. The van der Waals surface area contributed by atoms with Crippen LogP contribution in [0.2, 0.25) is 0 Å². The lowest BCUT2D eigenvalue weighted by atomic mass is 10.1. The van der Waals surface area contributed by atoms with E-state index in [1.807, 2.05) is 12.1 Å². The molecule has 0 saturated heterocycles. The molecule has 1 aromatic carbocycles. The number of carbonyl (C=O) groups excluding carboxylic acids is 2. The molecule has 2 amide bonds. The number of amides is 2. The molecule has 1 aromatic heterocycles. The van der Waals surface area contributed by atoms with Crippen molar-refractivity contribution in [2.45, 2.75) is 18.9 Å². The molecule has 1 aliphatic rings. The van der Waals surface area contributed by atoms with Crippen LogP contribution in [0.15, 0.2) is 29.6 Å². The number of thiazole rings is 1. The van der Waals surface area contributed by atoms with Gasteiger partial charge in [-0.05, 0) is 25.0 Å². The Morgan fingerprint density at radius 3 is 2.50 bits per heavy atom. The lowest BCUT2D eigenvalue weighted by Gasteiger charge is -2.03. The van der Waals surface area contributed by atoms with Crippen LogP contribution >= 0.6 is 11.3 Å². The number of rotatable bonds is 4. The van der Waals surface area contributed by atoms with Crippen LogP contribution in [0.5, 0.6) is 0 Å². The minimum absolute atomic E-state index is 0.0462. The van der Waals surface area contributed by atoms with Gasteiger partial charge in [-0.25, -0.2) is 4.98 Å². The molecular formula is C14H13N3O2S. The molecule has 0 unspecified atom stereocenters. The summed E-state index contributed by atoms with van der Waals surface area (Å²) in [5.74, 6) is -0.572. The summed E-state index contributed by atoms with van der Waals surface area (Å²) in [7, 11) is 0. The quantitative estimate of drug-likeness (QED) is 0.899. The zero-order valence-electron chi connectivity index (χ0n) is 10.6. The first-order valence-electron chi connectivity index (χ1n) is 6.30. The van der Waals surface area contributed by atoms with Crippen molar-refractivity contribution in [2.24, 2.45) is 5.73 Å². The average Bonchev–Trinajstić information content (AvgIpc) is 3.11. The summed E-state index contributed by atoms with van der Waals surface area (Å²) >= 11 is 1.21. The molecule has 1 saturated carbocycles. The van der Waals surface area contributed by atoms with Crippen LogP contribution in [0, 0.1) is 0 Å². The highest BCUT2D eigenvalue weighted by atomic mass is 32.1. The fourth-order valence-corrected chi connectivity index (χ4v) is 2.49. The van der Waals surface area contributed by atoms with Crippen molar-refractivity contribution in [3.8, 4) is 11.3 Å². The van der Waals surface area contributed by atoms with Crippen LogP contribution in [-0.4, -0.2) is 22.8 Å². The minimum atomic E-state index is -0.526. The first-order valence-corrected chi connectivity index (χ1v) is 7.18. The lowest BCUT2D eigenvalue weighted by molar-refractivity contribution is 0.0949. The molecule has 20 heavy (non-hydrogen) atoms. The maximum Gasteiger partial charge on any atom is 0.277 e. The molecule has 1 heterocycles. The van der Waals surface area contributed by atoms with Crippen LogP contribution in [0.4, 0.5) is 0 Å². The summed E-state index contributed by atoms with van der Waals surface area (Å²) in [5, 5.41) is 5.00. The second-order valence-corrected chi connectivity index (χ2v) is 5.59. The molecule has 0 bridgehead atoms. The van der Waals surface area contributed by atoms with Crippen molar-refractivity contribution >= 4 is 23.2 Å². The number of nitrogens with zero attached hydrogens (tertiary/aromatic N) is 1. The first kappa shape index (κ1) is 12.8. The van der Waals surface area contributed by atoms with Gasteiger partial charge in [0.25, 0.3) is 11.8 Å². The van der Waals surface area contributed by atoms with E-state index in [-0.39, 0.29) is 10.9 Å². The Kier molecular flexibility index (Phi) is 3.23. The van der Waals surface area contributed by atoms with Gasteiger partial charge >= 0.3 is 0 Å². The molecule has 0 atom stereocenters. The molecule has 1 aliphatic carbocycles. The highest BCUT2D eigenvalue weighted by molar-refractivity contribution is 7.12. The maximum absolute atomic E-state index is 11.9.